The number of fused-ring (bicyclic) bond motifs is 1. The Labute approximate surface area is 229 Å². The van der Waals surface area contributed by atoms with E-state index in [0.29, 0.717) is 36.5 Å². The number of para-hydroxylation sites is 1. The summed E-state index contributed by atoms with van der Waals surface area (Å²) in [4.78, 5) is 47.2. The van der Waals surface area contributed by atoms with Crippen LogP contribution in [0.4, 0.5) is 5.69 Å². The topological polar surface area (TPSA) is 90.4 Å². The van der Waals surface area contributed by atoms with E-state index >= 15 is 0 Å². The van der Waals surface area contributed by atoms with Gasteiger partial charge in [-0.1, -0.05) is 42.8 Å². The second-order valence-corrected chi connectivity index (χ2v) is 11.3. The van der Waals surface area contributed by atoms with Gasteiger partial charge in [0, 0.05) is 20.1 Å². The molecule has 4 rings (SSSR count). The summed E-state index contributed by atoms with van der Waals surface area (Å²) in [6, 6.07) is 3.77. The average Bonchev–Trinajstić information content (AvgIpc) is 3.44. The molecule has 38 heavy (non-hydrogen) atoms. The number of nitrogens with zero attached hydrogens (tertiary/aromatic N) is 3. The number of ether oxygens (including phenoxy) is 1. The van der Waals surface area contributed by atoms with Crippen molar-refractivity contribution in [3.05, 3.63) is 54.1 Å². The molecule has 3 aliphatic heterocycles. The molecule has 3 aliphatic rings. The molecule has 3 amide bonds. The summed E-state index contributed by atoms with van der Waals surface area (Å²) < 4.78 is 6.71. The predicted molar refractivity (Wildman–Crippen MR) is 147 cm³/mol. The van der Waals surface area contributed by atoms with Crippen molar-refractivity contribution in [2.24, 2.45) is 11.8 Å². The van der Waals surface area contributed by atoms with Crippen molar-refractivity contribution in [1.29, 1.82) is 0 Å². The molecule has 3 saturated heterocycles. The average molecular weight is 544 g/mol. The van der Waals surface area contributed by atoms with E-state index in [1.54, 1.807) is 35.1 Å². The number of aliphatic hydroxyl groups is 1. The molecule has 0 aromatic heterocycles. The molecule has 1 N–H and O–H groups in total. The van der Waals surface area contributed by atoms with Crippen molar-refractivity contribution in [2.45, 2.75) is 63.3 Å². The Balaban J connectivity index is 1.88. The molecule has 2 unspecified atom stereocenters. The molecule has 6 atom stereocenters. The smallest absolute Gasteiger partial charge is 0.253 e. The van der Waals surface area contributed by atoms with Crippen LogP contribution in [0.2, 0.25) is 5.02 Å². The molecule has 9 heteroatoms. The highest BCUT2D eigenvalue weighted by Crippen LogP contribution is 2.64. The fourth-order valence-electron chi connectivity index (χ4n) is 6.88. The van der Waals surface area contributed by atoms with Gasteiger partial charge < -0.3 is 24.5 Å². The highest BCUT2D eigenvalue weighted by Gasteiger charge is 2.78. The van der Waals surface area contributed by atoms with Gasteiger partial charge in [0.05, 0.1) is 40.8 Å². The highest BCUT2D eigenvalue weighted by molar-refractivity contribution is 6.34. The Morgan fingerprint density at radius 2 is 1.95 bits per heavy atom. The summed E-state index contributed by atoms with van der Waals surface area (Å²) in [6.45, 7) is 13.4. The molecule has 206 valence electrons. The predicted octanol–water partition coefficient (Wildman–Crippen LogP) is 3.35. The largest absolute Gasteiger partial charge is 0.394 e. The molecule has 0 aliphatic carbocycles. The van der Waals surface area contributed by atoms with E-state index in [1.807, 2.05) is 32.9 Å². The van der Waals surface area contributed by atoms with E-state index in [-0.39, 0.29) is 30.9 Å². The van der Waals surface area contributed by atoms with Gasteiger partial charge in [-0.05, 0) is 44.7 Å². The van der Waals surface area contributed by atoms with Crippen LogP contribution in [0.15, 0.2) is 43.5 Å². The minimum absolute atomic E-state index is 0.167. The Morgan fingerprint density at radius 3 is 2.53 bits per heavy atom. The van der Waals surface area contributed by atoms with Gasteiger partial charge in [-0.15, -0.1) is 13.2 Å². The third-order valence-electron chi connectivity index (χ3n) is 8.61. The van der Waals surface area contributed by atoms with Gasteiger partial charge in [0.1, 0.15) is 11.6 Å². The number of aliphatic hydroxyl groups excluding tert-OH is 1. The first kappa shape index (κ1) is 28.3. The number of likely N-dealkylation sites (tertiary alicyclic amines) is 1. The Hall–Kier alpha value is -2.68. The molecule has 0 saturated carbocycles. The van der Waals surface area contributed by atoms with Gasteiger partial charge in [0.2, 0.25) is 11.8 Å². The van der Waals surface area contributed by atoms with Crippen LogP contribution in [0.25, 0.3) is 0 Å². The van der Waals surface area contributed by atoms with Crippen LogP contribution in [0.3, 0.4) is 0 Å². The number of hydrogen-bond acceptors (Lipinski definition) is 5. The van der Waals surface area contributed by atoms with E-state index in [0.717, 1.165) is 5.56 Å². The third kappa shape index (κ3) is 4.08. The second kappa shape index (κ2) is 10.5. The first-order valence-corrected chi connectivity index (χ1v) is 13.6. The molecular weight excluding hydrogens is 506 g/mol. The van der Waals surface area contributed by atoms with Crippen LogP contribution in [-0.4, -0.2) is 82.7 Å². The third-order valence-corrected chi connectivity index (χ3v) is 8.91. The molecule has 2 bridgehead atoms. The van der Waals surface area contributed by atoms with Crippen LogP contribution in [0.5, 0.6) is 0 Å². The Morgan fingerprint density at radius 1 is 1.26 bits per heavy atom. The lowest BCUT2D eigenvalue weighted by Gasteiger charge is -2.39. The number of carbonyl (C=O) groups excluding carboxylic acids is 3. The van der Waals surface area contributed by atoms with E-state index < -0.39 is 35.1 Å². The van der Waals surface area contributed by atoms with Crippen molar-refractivity contribution < 1.29 is 24.2 Å². The van der Waals surface area contributed by atoms with Crippen LogP contribution in [-0.2, 0) is 19.1 Å². The number of halogens is 1. The molecular formula is C29H38ClN3O5. The van der Waals surface area contributed by atoms with Crippen LogP contribution >= 0.6 is 11.6 Å². The first-order valence-electron chi connectivity index (χ1n) is 13.2. The fourth-order valence-corrected chi connectivity index (χ4v) is 7.20. The lowest BCUT2D eigenvalue weighted by atomic mass is 9.66. The van der Waals surface area contributed by atoms with Gasteiger partial charge in [-0.2, -0.15) is 0 Å². The number of amides is 3. The zero-order valence-electron chi connectivity index (χ0n) is 22.7. The monoisotopic (exact) mass is 543 g/mol. The van der Waals surface area contributed by atoms with Crippen molar-refractivity contribution in [3.63, 3.8) is 0 Å². The zero-order valence-corrected chi connectivity index (χ0v) is 23.4. The number of hydrogen-bond donors (Lipinski definition) is 1. The molecule has 1 spiro atoms. The van der Waals surface area contributed by atoms with Crippen molar-refractivity contribution in [1.82, 2.24) is 9.80 Å². The van der Waals surface area contributed by atoms with E-state index in [9.17, 15) is 19.5 Å². The summed E-state index contributed by atoms with van der Waals surface area (Å²) in [6.07, 6.45) is 4.68. The molecule has 3 heterocycles. The summed E-state index contributed by atoms with van der Waals surface area (Å²) in [5.74, 6) is -2.48. The number of rotatable bonds is 10. The lowest BCUT2D eigenvalue weighted by Crippen LogP contribution is -2.59. The van der Waals surface area contributed by atoms with Crippen molar-refractivity contribution in [2.75, 3.05) is 31.6 Å². The second-order valence-electron chi connectivity index (χ2n) is 10.9. The van der Waals surface area contributed by atoms with Gasteiger partial charge >= 0.3 is 0 Å². The molecule has 1 aromatic rings. The number of benzene rings is 1. The standard InChI is InChI=1S/C29H38ClN3O5/c1-7-15-31(6)25(35)21-22-26(36)33(19(9-3)17-34)24(29(22)14-13-28(21,5)38-29)27(37)32(16-8-2)23-18(4)11-10-12-20(23)30/h7-8,10-12,19,21-22,24,34H,1-2,9,13-17H2,3-6H3/t19-,21+,22-,24?,28-,29?/m0/s1. The SMILES string of the molecule is C=CCN(C)C(=O)[C@H]1[C@H]2C(=O)N([C@@H](CC)CO)C(C(=O)N(CC=C)c3c(C)cccc3Cl)C23CC[C@]1(C)O3. The van der Waals surface area contributed by atoms with Crippen LogP contribution in [0.1, 0.15) is 38.7 Å². The maximum absolute atomic E-state index is 14.6. The fraction of sp³-hybridized carbons (Fsp3) is 0.552. The molecule has 8 nitrogen and oxygen atoms in total. The number of aryl methyl sites for hydroxylation is 1. The summed E-state index contributed by atoms with van der Waals surface area (Å²) >= 11 is 6.59. The minimum Gasteiger partial charge on any atom is -0.394 e. The quantitative estimate of drug-likeness (QED) is 0.457. The zero-order chi connectivity index (χ0) is 28.0. The summed E-state index contributed by atoms with van der Waals surface area (Å²) in [5.41, 5.74) is -0.743. The maximum atomic E-state index is 14.6. The van der Waals surface area contributed by atoms with Gasteiger partial charge in [0.15, 0.2) is 0 Å². The first-order chi connectivity index (χ1) is 18.0. The van der Waals surface area contributed by atoms with E-state index in [4.69, 9.17) is 16.3 Å². The Bertz CT molecular complexity index is 1130. The van der Waals surface area contributed by atoms with Crippen molar-refractivity contribution >= 4 is 35.0 Å². The summed E-state index contributed by atoms with van der Waals surface area (Å²) in [7, 11) is 1.68. The normalized spacial score (nSPS) is 30.2. The highest BCUT2D eigenvalue weighted by atomic mass is 35.5. The summed E-state index contributed by atoms with van der Waals surface area (Å²) in [5, 5.41) is 10.7. The number of anilines is 1. The van der Waals surface area contributed by atoms with Crippen LogP contribution in [0, 0.1) is 18.8 Å². The molecule has 3 fully saturated rings. The Kier molecular flexibility index (Phi) is 7.81. The lowest BCUT2D eigenvalue weighted by molar-refractivity contribution is -0.151. The van der Waals surface area contributed by atoms with Gasteiger partial charge in [-0.3, -0.25) is 14.4 Å². The van der Waals surface area contributed by atoms with Crippen LogP contribution < -0.4 is 4.90 Å². The maximum Gasteiger partial charge on any atom is 0.253 e. The van der Waals surface area contributed by atoms with E-state index in [2.05, 4.69) is 13.2 Å². The molecule has 0 radical (unpaired) electrons. The van der Waals surface area contributed by atoms with Gasteiger partial charge in [0.25, 0.3) is 5.91 Å². The molecule has 1 aromatic carbocycles. The minimum atomic E-state index is -1.20. The van der Waals surface area contributed by atoms with Gasteiger partial charge in [-0.25, -0.2) is 0 Å². The van der Waals surface area contributed by atoms with E-state index in [1.165, 1.54) is 4.90 Å². The van der Waals surface area contributed by atoms with Crippen molar-refractivity contribution in [3.8, 4) is 0 Å². The number of carbonyl (C=O) groups is 3. The number of likely N-dealkylation sites (N-methyl/N-ethyl adjacent to an activating group) is 1.